The first-order valence-electron chi connectivity index (χ1n) is 3.70. The summed E-state index contributed by atoms with van der Waals surface area (Å²) >= 11 is 0. The number of aromatic nitrogens is 1. The Labute approximate surface area is 74.2 Å². The van der Waals surface area contributed by atoms with Crippen molar-refractivity contribution in [2.45, 2.75) is 19.8 Å². The lowest BCUT2D eigenvalue weighted by Gasteiger charge is -1.93. The molecule has 1 aromatic heterocycles. The Morgan fingerprint density at radius 3 is 2.85 bits per heavy atom. The number of carbonyl (C=O) groups is 1. The van der Waals surface area contributed by atoms with Crippen LogP contribution in [0, 0.1) is 0 Å². The molecule has 0 saturated carbocycles. The molecule has 0 bridgehead atoms. The number of carbonyl (C=O) groups excluding carboxylic acids is 1. The van der Waals surface area contributed by atoms with E-state index in [1.165, 1.54) is 0 Å². The summed E-state index contributed by atoms with van der Waals surface area (Å²) in [5, 5.41) is 3.20. The molecule has 1 aromatic rings. The second kappa shape index (κ2) is 3.73. The Morgan fingerprint density at radius 2 is 2.38 bits per heavy atom. The fourth-order valence-corrected chi connectivity index (χ4v) is 0.777. The molecule has 6 nitrogen and oxygen atoms in total. The van der Waals surface area contributed by atoms with Gasteiger partial charge in [0.25, 0.3) is 0 Å². The summed E-state index contributed by atoms with van der Waals surface area (Å²) in [7, 11) is 0. The fourth-order valence-electron chi connectivity index (χ4n) is 0.777. The molecule has 0 N–H and O–H groups in total. The lowest BCUT2D eigenvalue weighted by atomic mass is 10.2. The fraction of sp³-hybridized carbons (Fsp3) is 0.429. The molecule has 0 aromatic carbocycles. The monoisotopic (exact) mass is 180 g/mol. The van der Waals surface area contributed by atoms with Crippen molar-refractivity contribution in [3.8, 4) is 0 Å². The maximum Gasteiger partial charge on any atom is 0.221 e. The van der Waals surface area contributed by atoms with Gasteiger partial charge in [-0.15, -0.1) is 0 Å². The van der Waals surface area contributed by atoms with Gasteiger partial charge in [0.2, 0.25) is 5.88 Å². The molecular formula is C7H8N4O2. The molecule has 0 radical (unpaired) electrons. The Morgan fingerprint density at radius 1 is 1.69 bits per heavy atom. The van der Waals surface area contributed by atoms with Gasteiger partial charge in [0.05, 0.1) is 0 Å². The second-order valence-corrected chi connectivity index (χ2v) is 2.70. The van der Waals surface area contributed by atoms with Crippen molar-refractivity contribution < 1.29 is 9.21 Å². The molecule has 6 heteroatoms. The van der Waals surface area contributed by atoms with E-state index in [-0.39, 0.29) is 17.5 Å². The van der Waals surface area contributed by atoms with E-state index in [4.69, 9.17) is 9.95 Å². The van der Waals surface area contributed by atoms with Crippen LogP contribution in [0.4, 0.5) is 5.88 Å². The van der Waals surface area contributed by atoms with Gasteiger partial charge < -0.3 is 4.42 Å². The van der Waals surface area contributed by atoms with Gasteiger partial charge in [-0.05, 0) is 10.6 Å². The largest absolute Gasteiger partial charge is 0.438 e. The molecule has 1 rings (SSSR count). The van der Waals surface area contributed by atoms with Gasteiger partial charge >= 0.3 is 0 Å². The molecule has 0 fully saturated rings. The van der Waals surface area contributed by atoms with E-state index in [0.717, 1.165) is 0 Å². The first-order chi connectivity index (χ1) is 6.19. The molecule has 0 aliphatic rings. The first kappa shape index (κ1) is 9.28. The molecule has 0 spiro atoms. The van der Waals surface area contributed by atoms with Gasteiger partial charge in [-0.3, -0.25) is 4.79 Å². The van der Waals surface area contributed by atoms with Crippen molar-refractivity contribution in [1.82, 2.24) is 4.98 Å². The highest BCUT2D eigenvalue weighted by Crippen LogP contribution is 2.23. The van der Waals surface area contributed by atoms with Gasteiger partial charge in [0, 0.05) is 10.8 Å². The minimum atomic E-state index is -0.0683. The third-order valence-electron chi connectivity index (χ3n) is 1.39. The van der Waals surface area contributed by atoms with Crippen LogP contribution in [-0.4, -0.2) is 11.3 Å². The van der Waals surface area contributed by atoms with E-state index >= 15 is 0 Å². The number of oxazole rings is 1. The SMILES string of the molecule is CC(C)c1nc(C=O)c(N=[N+]=[N-])o1. The van der Waals surface area contributed by atoms with Gasteiger partial charge in [-0.2, -0.15) is 0 Å². The molecule has 0 atom stereocenters. The number of rotatable bonds is 3. The minimum Gasteiger partial charge on any atom is -0.438 e. The quantitative estimate of drug-likeness (QED) is 0.309. The zero-order valence-electron chi connectivity index (χ0n) is 7.26. The van der Waals surface area contributed by atoms with Gasteiger partial charge in [-0.25, -0.2) is 4.98 Å². The number of nitrogens with zero attached hydrogens (tertiary/aromatic N) is 4. The van der Waals surface area contributed by atoms with Crippen LogP contribution in [0.3, 0.4) is 0 Å². The van der Waals surface area contributed by atoms with Gasteiger partial charge in [-0.1, -0.05) is 13.8 Å². The van der Waals surface area contributed by atoms with E-state index in [0.29, 0.717) is 12.2 Å². The zero-order chi connectivity index (χ0) is 9.84. The molecule has 0 amide bonds. The lowest BCUT2D eigenvalue weighted by molar-refractivity contribution is 0.112. The molecule has 68 valence electrons. The Kier molecular flexibility index (Phi) is 2.66. The maximum atomic E-state index is 10.4. The van der Waals surface area contributed by atoms with Crippen molar-refractivity contribution in [3.63, 3.8) is 0 Å². The summed E-state index contributed by atoms with van der Waals surface area (Å²) in [6.07, 6.45) is 0.499. The van der Waals surface area contributed by atoms with Crippen LogP contribution in [0.25, 0.3) is 10.4 Å². The molecule has 1 heterocycles. The molecule has 0 aliphatic heterocycles. The maximum absolute atomic E-state index is 10.4. The summed E-state index contributed by atoms with van der Waals surface area (Å²) in [6, 6.07) is 0. The predicted octanol–water partition coefficient (Wildman–Crippen LogP) is 2.55. The topological polar surface area (TPSA) is 91.9 Å². The minimum absolute atomic E-state index is 0.0431. The summed E-state index contributed by atoms with van der Waals surface area (Å²) in [6.45, 7) is 3.72. The van der Waals surface area contributed by atoms with Crippen molar-refractivity contribution in [2.75, 3.05) is 0 Å². The van der Waals surface area contributed by atoms with Gasteiger partial charge in [0.1, 0.15) is 0 Å². The molecule has 0 aliphatic carbocycles. The number of azide groups is 1. The highest BCUT2D eigenvalue weighted by molar-refractivity contribution is 5.77. The number of hydrogen-bond acceptors (Lipinski definition) is 4. The highest BCUT2D eigenvalue weighted by Gasteiger charge is 2.13. The molecule has 13 heavy (non-hydrogen) atoms. The second-order valence-electron chi connectivity index (χ2n) is 2.70. The molecule has 0 saturated heterocycles. The third kappa shape index (κ3) is 1.86. The van der Waals surface area contributed by atoms with E-state index in [1.54, 1.807) is 0 Å². The van der Waals surface area contributed by atoms with Crippen molar-refractivity contribution >= 4 is 12.2 Å². The lowest BCUT2D eigenvalue weighted by Crippen LogP contribution is -1.87. The summed E-state index contributed by atoms with van der Waals surface area (Å²) in [5.74, 6) is 0.382. The Hall–Kier alpha value is -1.81. The third-order valence-corrected chi connectivity index (χ3v) is 1.39. The van der Waals surface area contributed by atoms with Crippen molar-refractivity contribution in [2.24, 2.45) is 5.11 Å². The Balaban J connectivity index is 3.18. The van der Waals surface area contributed by atoms with Crippen molar-refractivity contribution in [3.05, 3.63) is 22.0 Å². The van der Waals surface area contributed by atoms with Crippen LogP contribution in [-0.2, 0) is 0 Å². The normalized spacial score (nSPS) is 9.77. The molecule has 0 unspecified atom stereocenters. The van der Waals surface area contributed by atoms with Crippen LogP contribution in [0.1, 0.15) is 36.1 Å². The average molecular weight is 180 g/mol. The van der Waals surface area contributed by atoms with Crippen LogP contribution in [0.2, 0.25) is 0 Å². The van der Waals surface area contributed by atoms with Crippen LogP contribution < -0.4 is 0 Å². The first-order valence-corrected chi connectivity index (χ1v) is 3.70. The summed E-state index contributed by atoms with van der Waals surface area (Å²) in [5.41, 5.74) is 8.19. The van der Waals surface area contributed by atoms with Crippen molar-refractivity contribution in [1.29, 1.82) is 0 Å². The Bertz CT molecular complexity index is 363. The van der Waals surface area contributed by atoms with E-state index in [2.05, 4.69) is 15.0 Å². The van der Waals surface area contributed by atoms with E-state index in [1.807, 2.05) is 13.8 Å². The van der Waals surface area contributed by atoms with E-state index in [9.17, 15) is 4.79 Å². The predicted molar refractivity (Wildman–Crippen MR) is 44.8 cm³/mol. The van der Waals surface area contributed by atoms with Crippen LogP contribution in [0.5, 0.6) is 0 Å². The number of hydrogen-bond donors (Lipinski definition) is 0. The highest BCUT2D eigenvalue weighted by atomic mass is 16.4. The van der Waals surface area contributed by atoms with Crippen LogP contribution >= 0.6 is 0 Å². The summed E-state index contributed by atoms with van der Waals surface area (Å²) < 4.78 is 5.04. The standard InChI is InChI=1S/C7H8N4O2/c1-4(2)6-9-5(3-12)7(13-6)10-11-8/h3-4H,1-2H3. The smallest absolute Gasteiger partial charge is 0.221 e. The van der Waals surface area contributed by atoms with Gasteiger partial charge in [0.15, 0.2) is 17.9 Å². The molecular weight excluding hydrogens is 172 g/mol. The average Bonchev–Trinajstić information content (AvgIpc) is 2.48. The number of aldehydes is 1. The van der Waals surface area contributed by atoms with Crippen LogP contribution in [0.15, 0.2) is 9.53 Å². The summed E-state index contributed by atoms with van der Waals surface area (Å²) in [4.78, 5) is 16.8. The van der Waals surface area contributed by atoms with E-state index < -0.39 is 0 Å². The zero-order valence-corrected chi connectivity index (χ0v) is 7.26.